The summed E-state index contributed by atoms with van der Waals surface area (Å²) in [5, 5.41) is 9.69. The first-order chi connectivity index (χ1) is 14.8. The Morgan fingerprint density at radius 2 is 1.71 bits per heavy atom. The highest BCUT2D eigenvalue weighted by Crippen LogP contribution is 2.19. The Hall–Kier alpha value is -3.17. The van der Waals surface area contributed by atoms with Crippen LogP contribution >= 0.6 is 0 Å². The molecule has 0 atom stereocenters. The number of nitrogens with zero attached hydrogens (tertiary/aromatic N) is 3. The molecule has 0 radical (unpaired) electrons. The minimum absolute atomic E-state index is 0.145. The fourth-order valence-corrected chi connectivity index (χ4v) is 4.22. The van der Waals surface area contributed by atoms with Crippen molar-refractivity contribution in [2.75, 3.05) is 12.4 Å². The minimum atomic E-state index is -3.55. The third-order valence-corrected chi connectivity index (χ3v) is 6.94. The van der Waals surface area contributed by atoms with E-state index in [-0.39, 0.29) is 17.0 Å². The molecule has 3 aromatic rings. The minimum Gasteiger partial charge on any atom is -0.334 e. The fraction of sp³-hybridized carbons (Fsp3) is 0.273. The Morgan fingerprint density at radius 3 is 2.29 bits per heavy atom. The van der Waals surface area contributed by atoms with E-state index < -0.39 is 10.0 Å². The van der Waals surface area contributed by atoms with Crippen molar-refractivity contribution in [2.45, 2.75) is 37.9 Å². The van der Waals surface area contributed by atoms with Crippen molar-refractivity contribution in [2.24, 2.45) is 0 Å². The molecule has 8 nitrogen and oxygen atoms in total. The standard InChI is InChI=1S/C22H27N5O3S/c1-17(2)26(3)31(29,30)21-11-9-20(10-12-21)25-22(28)23-15-18-5-7-19(8-6-18)16-27-14-4-13-24-27/h4-14,17H,15-16H2,1-3H3,(H2,23,25,28). The molecule has 0 unspecified atom stereocenters. The normalized spacial score (nSPS) is 11.6. The van der Waals surface area contributed by atoms with Crippen molar-refractivity contribution in [3.63, 3.8) is 0 Å². The third-order valence-electron chi connectivity index (χ3n) is 4.90. The zero-order valence-corrected chi connectivity index (χ0v) is 18.6. The molecule has 1 heterocycles. The molecule has 2 N–H and O–H groups in total. The van der Waals surface area contributed by atoms with E-state index >= 15 is 0 Å². The van der Waals surface area contributed by atoms with Gasteiger partial charge in [0, 0.05) is 37.7 Å². The Morgan fingerprint density at radius 1 is 1.06 bits per heavy atom. The number of carbonyl (C=O) groups excluding carboxylic acids is 1. The number of rotatable bonds is 8. The highest BCUT2D eigenvalue weighted by atomic mass is 32.2. The van der Waals surface area contributed by atoms with Gasteiger partial charge >= 0.3 is 6.03 Å². The van der Waals surface area contributed by atoms with Crippen molar-refractivity contribution in [3.8, 4) is 0 Å². The van der Waals surface area contributed by atoms with Crippen molar-refractivity contribution in [3.05, 3.63) is 78.1 Å². The molecule has 0 saturated heterocycles. The van der Waals surface area contributed by atoms with Gasteiger partial charge in [0.05, 0.1) is 11.4 Å². The van der Waals surface area contributed by atoms with E-state index in [1.807, 2.05) is 55.1 Å². The molecule has 0 spiro atoms. The lowest BCUT2D eigenvalue weighted by atomic mass is 10.1. The summed E-state index contributed by atoms with van der Waals surface area (Å²) in [4.78, 5) is 12.4. The molecule has 3 rings (SSSR count). The molecule has 164 valence electrons. The van der Waals surface area contributed by atoms with Crippen LogP contribution in [0, 0.1) is 0 Å². The van der Waals surface area contributed by atoms with Crippen molar-refractivity contribution in [1.29, 1.82) is 0 Å². The number of amides is 2. The van der Waals surface area contributed by atoms with Crippen molar-refractivity contribution < 1.29 is 13.2 Å². The molecule has 2 aromatic carbocycles. The Balaban J connectivity index is 1.51. The van der Waals surface area contributed by atoms with Gasteiger partial charge in [0.15, 0.2) is 0 Å². The lowest BCUT2D eigenvalue weighted by Gasteiger charge is -2.21. The maximum Gasteiger partial charge on any atom is 0.319 e. The van der Waals surface area contributed by atoms with Crippen LogP contribution in [0.2, 0.25) is 0 Å². The number of carbonyl (C=O) groups is 1. The molecule has 0 aliphatic carbocycles. The van der Waals surface area contributed by atoms with Crippen LogP contribution in [0.1, 0.15) is 25.0 Å². The van der Waals surface area contributed by atoms with E-state index in [0.717, 1.165) is 11.1 Å². The van der Waals surface area contributed by atoms with E-state index in [4.69, 9.17) is 0 Å². The van der Waals surface area contributed by atoms with Crippen LogP contribution in [0.5, 0.6) is 0 Å². The van der Waals surface area contributed by atoms with Crippen LogP contribution in [0.4, 0.5) is 10.5 Å². The van der Waals surface area contributed by atoms with E-state index in [0.29, 0.717) is 18.8 Å². The Bertz CT molecular complexity index is 1090. The van der Waals surface area contributed by atoms with Crippen LogP contribution in [-0.2, 0) is 23.1 Å². The van der Waals surface area contributed by atoms with Crippen LogP contribution in [0.15, 0.2) is 71.9 Å². The molecule has 0 aliphatic heterocycles. The molecule has 31 heavy (non-hydrogen) atoms. The second-order valence-corrected chi connectivity index (χ2v) is 9.46. The number of nitrogens with one attached hydrogen (secondary N) is 2. The number of hydrogen-bond acceptors (Lipinski definition) is 4. The monoisotopic (exact) mass is 441 g/mol. The van der Waals surface area contributed by atoms with Crippen molar-refractivity contribution in [1.82, 2.24) is 19.4 Å². The summed E-state index contributed by atoms with van der Waals surface area (Å²) in [6.07, 6.45) is 3.65. The maximum absolute atomic E-state index is 12.5. The van der Waals surface area contributed by atoms with Crippen LogP contribution in [0.3, 0.4) is 0 Å². The van der Waals surface area contributed by atoms with Gasteiger partial charge in [-0.25, -0.2) is 13.2 Å². The lowest BCUT2D eigenvalue weighted by Crippen LogP contribution is -2.33. The molecule has 9 heteroatoms. The number of hydrogen-bond donors (Lipinski definition) is 2. The average Bonchev–Trinajstić information content (AvgIpc) is 3.26. The van der Waals surface area contributed by atoms with Crippen LogP contribution in [0.25, 0.3) is 0 Å². The second-order valence-electron chi connectivity index (χ2n) is 7.47. The van der Waals surface area contributed by atoms with Gasteiger partial charge in [-0.05, 0) is 55.3 Å². The van der Waals surface area contributed by atoms with Gasteiger partial charge in [0.2, 0.25) is 10.0 Å². The third kappa shape index (κ3) is 5.93. The first kappa shape index (κ1) is 22.5. The van der Waals surface area contributed by atoms with E-state index in [9.17, 15) is 13.2 Å². The summed E-state index contributed by atoms with van der Waals surface area (Å²) in [6, 6.07) is 15.4. The average molecular weight is 442 g/mol. The van der Waals surface area contributed by atoms with Crippen molar-refractivity contribution >= 4 is 21.7 Å². The molecule has 0 saturated carbocycles. The number of urea groups is 1. The summed E-state index contributed by atoms with van der Waals surface area (Å²) in [5.41, 5.74) is 2.60. The zero-order valence-electron chi connectivity index (χ0n) is 17.8. The number of anilines is 1. The quantitative estimate of drug-likeness (QED) is 0.561. The van der Waals surface area contributed by atoms with Gasteiger partial charge in [-0.2, -0.15) is 9.40 Å². The number of sulfonamides is 1. The molecular formula is C22H27N5O3S. The van der Waals surface area contributed by atoms with E-state index in [2.05, 4.69) is 15.7 Å². The molecule has 2 amide bonds. The molecule has 0 bridgehead atoms. The zero-order chi connectivity index (χ0) is 22.4. The summed E-state index contributed by atoms with van der Waals surface area (Å²) in [6.45, 7) is 4.69. The second kappa shape index (κ2) is 9.76. The van der Waals surface area contributed by atoms with Gasteiger partial charge in [-0.3, -0.25) is 4.68 Å². The molecule has 0 fully saturated rings. The SMILES string of the molecule is CC(C)N(C)S(=O)(=O)c1ccc(NC(=O)NCc2ccc(Cn3cccn3)cc2)cc1. The summed E-state index contributed by atoms with van der Waals surface area (Å²) >= 11 is 0. The predicted molar refractivity (Wildman–Crippen MR) is 120 cm³/mol. The van der Waals surface area contributed by atoms with Gasteiger partial charge in [-0.1, -0.05) is 24.3 Å². The summed E-state index contributed by atoms with van der Waals surface area (Å²) in [5.74, 6) is 0. The van der Waals surface area contributed by atoms with Gasteiger partial charge in [-0.15, -0.1) is 0 Å². The number of aromatic nitrogens is 2. The maximum atomic E-state index is 12.5. The molecule has 0 aliphatic rings. The largest absolute Gasteiger partial charge is 0.334 e. The van der Waals surface area contributed by atoms with E-state index in [1.54, 1.807) is 25.4 Å². The highest BCUT2D eigenvalue weighted by Gasteiger charge is 2.22. The Kier molecular flexibility index (Phi) is 7.09. The van der Waals surface area contributed by atoms with Gasteiger partial charge in [0.25, 0.3) is 0 Å². The van der Waals surface area contributed by atoms with E-state index in [1.165, 1.54) is 16.4 Å². The fourth-order valence-electron chi connectivity index (χ4n) is 2.86. The van der Waals surface area contributed by atoms with Crippen LogP contribution in [-0.4, -0.2) is 41.6 Å². The molecule has 1 aromatic heterocycles. The lowest BCUT2D eigenvalue weighted by molar-refractivity contribution is 0.251. The summed E-state index contributed by atoms with van der Waals surface area (Å²) in [7, 11) is -2.01. The molecular weight excluding hydrogens is 414 g/mol. The van der Waals surface area contributed by atoms with Gasteiger partial charge in [0.1, 0.15) is 0 Å². The summed E-state index contributed by atoms with van der Waals surface area (Å²) < 4.78 is 28.2. The predicted octanol–water partition coefficient (Wildman–Crippen LogP) is 3.28. The number of benzene rings is 2. The topological polar surface area (TPSA) is 96.3 Å². The first-order valence-electron chi connectivity index (χ1n) is 9.94. The first-order valence-corrected chi connectivity index (χ1v) is 11.4. The van der Waals surface area contributed by atoms with Gasteiger partial charge < -0.3 is 10.6 Å². The Labute approximate surface area is 182 Å². The highest BCUT2D eigenvalue weighted by molar-refractivity contribution is 7.89. The smallest absolute Gasteiger partial charge is 0.319 e. The van der Waals surface area contributed by atoms with Crippen LogP contribution < -0.4 is 10.6 Å².